The highest BCUT2D eigenvalue weighted by atomic mass is 32.2. The molecule has 3 aromatic rings. The standard InChI is InChI=1S/C19H21N3O5S/c1-12(2)19-21-16-11-14(8-9-17(16)27-19)20-18(23)13-6-5-7-15(10-13)28(24,25)22(3)26-4/h5-12H,1-4H3,(H,20,23). The minimum absolute atomic E-state index is 0.0435. The van der Waals surface area contributed by atoms with Crippen LogP contribution in [0.4, 0.5) is 5.69 Å². The van der Waals surface area contributed by atoms with E-state index in [1.54, 1.807) is 18.2 Å². The molecule has 0 unspecified atom stereocenters. The molecule has 148 valence electrons. The van der Waals surface area contributed by atoms with E-state index in [0.29, 0.717) is 22.7 Å². The largest absolute Gasteiger partial charge is 0.440 e. The average Bonchev–Trinajstić information content (AvgIpc) is 3.11. The first-order chi connectivity index (χ1) is 13.2. The Balaban J connectivity index is 1.85. The molecular weight excluding hydrogens is 382 g/mol. The number of fused-ring (bicyclic) bond motifs is 1. The van der Waals surface area contributed by atoms with Crippen LogP contribution in [0.3, 0.4) is 0 Å². The number of hydroxylamine groups is 1. The summed E-state index contributed by atoms with van der Waals surface area (Å²) in [6, 6.07) is 10.9. The maximum atomic E-state index is 12.6. The summed E-state index contributed by atoms with van der Waals surface area (Å²) in [7, 11) is -1.32. The zero-order valence-electron chi connectivity index (χ0n) is 16.0. The highest BCUT2D eigenvalue weighted by Crippen LogP contribution is 2.24. The van der Waals surface area contributed by atoms with Crippen LogP contribution in [0.1, 0.15) is 36.0 Å². The first-order valence-electron chi connectivity index (χ1n) is 8.57. The smallest absolute Gasteiger partial charge is 0.264 e. The zero-order chi connectivity index (χ0) is 20.5. The molecule has 28 heavy (non-hydrogen) atoms. The van der Waals surface area contributed by atoms with Crippen molar-refractivity contribution in [2.75, 3.05) is 19.5 Å². The molecule has 0 aliphatic rings. The van der Waals surface area contributed by atoms with Gasteiger partial charge in [0.2, 0.25) is 0 Å². The van der Waals surface area contributed by atoms with Crippen molar-refractivity contribution >= 4 is 32.7 Å². The molecule has 0 saturated heterocycles. The first-order valence-corrected chi connectivity index (χ1v) is 10.0. The van der Waals surface area contributed by atoms with E-state index in [1.807, 2.05) is 13.8 Å². The van der Waals surface area contributed by atoms with E-state index < -0.39 is 15.9 Å². The van der Waals surface area contributed by atoms with Gasteiger partial charge < -0.3 is 9.73 Å². The highest BCUT2D eigenvalue weighted by Gasteiger charge is 2.22. The van der Waals surface area contributed by atoms with E-state index in [4.69, 9.17) is 9.25 Å². The molecule has 8 nitrogen and oxygen atoms in total. The van der Waals surface area contributed by atoms with E-state index >= 15 is 0 Å². The van der Waals surface area contributed by atoms with Gasteiger partial charge in [0.25, 0.3) is 15.9 Å². The molecule has 0 saturated carbocycles. The molecule has 3 rings (SSSR count). The summed E-state index contributed by atoms with van der Waals surface area (Å²) in [6.45, 7) is 3.96. The Hall–Kier alpha value is -2.75. The molecule has 1 aromatic heterocycles. The third-order valence-electron chi connectivity index (χ3n) is 4.15. The predicted molar refractivity (Wildman–Crippen MR) is 104 cm³/mol. The Morgan fingerprint density at radius 2 is 1.96 bits per heavy atom. The van der Waals surface area contributed by atoms with Crippen LogP contribution in [0.2, 0.25) is 0 Å². The molecule has 0 spiro atoms. The predicted octanol–water partition coefficient (Wildman–Crippen LogP) is 3.39. The van der Waals surface area contributed by atoms with Crippen LogP contribution in [-0.2, 0) is 14.9 Å². The zero-order valence-corrected chi connectivity index (χ0v) is 16.8. The summed E-state index contributed by atoms with van der Waals surface area (Å²) in [5, 5.41) is 2.75. The fourth-order valence-electron chi connectivity index (χ4n) is 2.52. The number of rotatable bonds is 6. The maximum absolute atomic E-state index is 12.6. The van der Waals surface area contributed by atoms with E-state index in [9.17, 15) is 13.2 Å². The van der Waals surface area contributed by atoms with E-state index in [-0.39, 0.29) is 16.4 Å². The number of nitrogens with zero attached hydrogens (tertiary/aromatic N) is 2. The van der Waals surface area contributed by atoms with Crippen molar-refractivity contribution in [3.8, 4) is 0 Å². The van der Waals surface area contributed by atoms with Gasteiger partial charge in [-0.1, -0.05) is 24.4 Å². The van der Waals surface area contributed by atoms with Gasteiger partial charge in [0.1, 0.15) is 5.52 Å². The number of hydrogen-bond donors (Lipinski definition) is 1. The Bertz CT molecular complexity index is 1120. The number of sulfonamides is 1. The molecule has 9 heteroatoms. The number of oxazole rings is 1. The molecular formula is C19H21N3O5S. The highest BCUT2D eigenvalue weighted by molar-refractivity contribution is 7.89. The summed E-state index contributed by atoms with van der Waals surface area (Å²) in [5.41, 5.74) is 2.01. The fourth-order valence-corrected chi connectivity index (χ4v) is 3.54. The molecule has 0 aliphatic heterocycles. The van der Waals surface area contributed by atoms with Crippen LogP contribution < -0.4 is 5.32 Å². The minimum Gasteiger partial charge on any atom is -0.440 e. The number of amides is 1. The lowest BCUT2D eigenvalue weighted by molar-refractivity contribution is -0.0258. The van der Waals surface area contributed by atoms with Gasteiger partial charge in [-0.3, -0.25) is 9.63 Å². The SMILES string of the molecule is CON(C)S(=O)(=O)c1cccc(C(=O)Nc2ccc3oc(C(C)C)nc3c2)c1. The molecule has 0 atom stereocenters. The van der Waals surface area contributed by atoms with E-state index in [2.05, 4.69) is 10.3 Å². The maximum Gasteiger partial charge on any atom is 0.264 e. The number of carbonyl (C=O) groups is 1. The lowest BCUT2D eigenvalue weighted by Gasteiger charge is -2.14. The van der Waals surface area contributed by atoms with Crippen molar-refractivity contribution in [1.29, 1.82) is 0 Å². The molecule has 1 N–H and O–H groups in total. The number of aromatic nitrogens is 1. The van der Waals surface area contributed by atoms with Gasteiger partial charge in [-0.2, -0.15) is 0 Å². The number of benzene rings is 2. The number of nitrogens with one attached hydrogen (secondary N) is 1. The Kier molecular flexibility index (Phi) is 5.50. The summed E-state index contributed by atoms with van der Waals surface area (Å²) in [4.78, 5) is 21.7. The van der Waals surface area contributed by atoms with Crippen molar-refractivity contribution < 1.29 is 22.5 Å². The summed E-state index contributed by atoms with van der Waals surface area (Å²) >= 11 is 0. The quantitative estimate of drug-likeness (QED) is 0.633. The summed E-state index contributed by atoms with van der Waals surface area (Å²) in [6.07, 6.45) is 0. The number of carbonyl (C=O) groups excluding carboxylic acids is 1. The van der Waals surface area contributed by atoms with Gasteiger partial charge in [-0.25, -0.2) is 13.4 Å². The van der Waals surface area contributed by atoms with E-state index in [1.165, 1.54) is 38.4 Å². The monoisotopic (exact) mass is 403 g/mol. The second kappa shape index (κ2) is 7.70. The molecule has 2 aromatic carbocycles. The second-order valence-electron chi connectivity index (χ2n) is 6.47. The Morgan fingerprint density at radius 1 is 1.21 bits per heavy atom. The van der Waals surface area contributed by atoms with E-state index in [0.717, 1.165) is 4.47 Å². The van der Waals surface area contributed by atoms with Crippen molar-refractivity contribution in [3.05, 3.63) is 53.9 Å². The molecule has 1 amide bonds. The summed E-state index contributed by atoms with van der Waals surface area (Å²) < 4.78 is 31.1. The number of anilines is 1. The van der Waals surface area contributed by atoms with Crippen molar-refractivity contribution in [3.63, 3.8) is 0 Å². The lowest BCUT2D eigenvalue weighted by atomic mass is 10.2. The van der Waals surface area contributed by atoms with Crippen molar-refractivity contribution in [1.82, 2.24) is 9.45 Å². The van der Waals surface area contributed by atoms with Gasteiger partial charge in [-0.05, 0) is 36.4 Å². The van der Waals surface area contributed by atoms with Crippen LogP contribution in [0.5, 0.6) is 0 Å². The third kappa shape index (κ3) is 3.91. The van der Waals surface area contributed by atoms with Crippen LogP contribution in [0.25, 0.3) is 11.1 Å². The average molecular weight is 403 g/mol. The summed E-state index contributed by atoms with van der Waals surface area (Å²) in [5.74, 6) is 0.336. The van der Waals surface area contributed by atoms with Crippen LogP contribution in [0, 0.1) is 0 Å². The normalized spacial score (nSPS) is 12.1. The first kappa shape index (κ1) is 20.0. The van der Waals surface area contributed by atoms with Crippen LogP contribution in [0.15, 0.2) is 51.8 Å². The molecule has 0 bridgehead atoms. The van der Waals surface area contributed by atoms with Crippen molar-refractivity contribution in [2.24, 2.45) is 0 Å². The van der Waals surface area contributed by atoms with Crippen LogP contribution in [-0.4, -0.2) is 37.9 Å². The van der Waals surface area contributed by atoms with Crippen molar-refractivity contribution in [2.45, 2.75) is 24.7 Å². The molecule has 0 aliphatic carbocycles. The second-order valence-corrected chi connectivity index (χ2v) is 8.40. The molecule has 1 heterocycles. The number of hydrogen-bond acceptors (Lipinski definition) is 6. The van der Waals surface area contributed by atoms with Gasteiger partial charge in [0.05, 0.1) is 12.0 Å². The molecule has 0 radical (unpaired) electrons. The van der Waals surface area contributed by atoms with Gasteiger partial charge >= 0.3 is 0 Å². The topological polar surface area (TPSA) is 102 Å². The van der Waals surface area contributed by atoms with Gasteiger partial charge in [0.15, 0.2) is 11.5 Å². The van der Waals surface area contributed by atoms with Gasteiger partial charge in [0, 0.05) is 24.2 Å². The molecule has 0 fully saturated rings. The Labute approximate surface area is 163 Å². The van der Waals surface area contributed by atoms with Gasteiger partial charge in [-0.15, -0.1) is 0 Å². The lowest BCUT2D eigenvalue weighted by Crippen LogP contribution is -2.26. The minimum atomic E-state index is -3.84. The fraction of sp³-hybridized carbons (Fsp3) is 0.263. The van der Waals surface area contributed by atoms with Crippen LogP contribution >= 0.6 is 0 Å². The third-order valence-corrected chi connectivity index (χ3v) is 5.82. The Morgan fingerprint density at radius 3 is 2.64 bits per heavy atom.